The molecule has 0 saturated heterocycles. The highest BCUT2D eigenvalue weighted by Gasteiger charge is 2.24. The lowest BCUT2D eigenvalue weighted by Crippen LogP contribution is -2.21. The van der Waals surface area contributed by atoms with Crippen molar-refractivity contribution in [2.75, 3.05) is 5.32 Å². The fourth-order valence-electron chi connectivity index (χ4n) is 3.21. The number of Topliss-reactive ketones (excluding diaryl/α,β-unsaturated/α-hetero) is 1. The van der Waals surface area contributed by atoms with Crippen molar-refractivity contribution in [3.05, 3.63) is 88.0 Å². The average molecular weight is 403 g/mol. The van der Waals surface area contributed by atoms with Gasteiger partial charge in [-0.1, -0.05) is 29.5 Å². The number of anilines is 1. The Bertz CT molecular complexity index is 1270. The van der Waals surface area contributed by atoms with Crippen molar-refractivity contribution in [3.8, 4) is 5.75 Å². The number of benzene rings is 3. The Labute approximate surface area is 170 Å². The third-order valence-corrected chi connectivity index (χ3v) is 4.71. The van der Waals surface area contributed by atoms with Crippen LogP contribution in [-0.2, 0) is 0 Å². The molecular formula is C21H17N5O4. The van der Waals surface area contributed by atoms with Crippen molar-refractivity contribution in [2.45, 2.75) is 13.1 Å². The summed E-state index contributed by atoms with van der Waals surface area (Å²) in [6.45, 7) is 1.47. The number of carbonyl (C=O) groups excluding carboxylic acids is 1. The van der Waals surface area contributed by atoms with Crippen LogP contribution in [0.3, 0.4) is 0 Å². The number of phenolic OH excluding ortho intramolecular Hbond substituents is 1. The van der Waals surface area contributed by atoms with Crippen LogP contribution in [0.15, 0.2) is 66.7 Å². The number of nitrogens with one attached hydrogen (secondary N) is 1. The average Bonchev–Trinajstić information content (AvgIpc) is 3.16. The van der Waals surface area contributed by atoms with Gasteiger partial charge in [0.25, 0.3) is 5.69 Å². The van der Waals surface area contributed by atoms with Crippen molar-refractivity contribution in [1.29, 1.82) is 0 Å². The molecule has 0 aliphatic carbocycles. The fraction of sp³-hybridized carbons (Fsp3) is 0.0952. The molecule has 4 rings (SSSR count). The number of rotatable bonds is 6. The summed E-state index contributed by atoms with van der Waals surface area (Å²) in [5.74, 6) is -0.236. The number of ketones is 1. The maximum atomic E-state index is 11.8. The largest absolute Gasteiger partial charge is 0.508 e. The first-order chi connectivity index (χ1) is 14.4. The van der Waals surface area contributed by atoms with E-state index in [1.807, 2.05) is 18.2 Å². The van der Waals surface area contributed by atoms with Crippen LogP contribution in [0.2, 0.25) is 0 Å². The van der Waals surface area contributed by atoms with Crippen molar-refractivity contribution < 1.29 is 14.8 Å². The zero-order valence-corrected chi connectivity index (χ0v) is 15.9. The minimum Gasteiger partial charge on any atom is -0.508 e. The number of phenols is 1. The lowest BCUT2D eigenvalue weighted by atomic mass is 10.1. The molecule has 4 aromatic rings. The van der Waals surface area contributed by atoms with Crippen LogP contribution in [-0.4, -0.2) is 30.8 Å². The van der Waals surface area contributed by atoms with Crippen LogP contribution >= 0.6 is 0 Å². The maximum Gasteiger partial charge on any atom is 0.270 e. The number of hydrogen-bond donors (Lipinski definition) is 2. The van der Waals surface area contributed by atoms with E-state index in [0.717, 1.165) is 0 Å². The van der Waals surface area contributed by atoms with Crippen molar-refractivity contribution in [1.82, 2.24) is 15.0 Å². The Hall–Kier alpha value is -4.27. The van der Waals surface area contributed by atoms with E-state index >= 15 is 0 Å². The van der Waals surface area contributed by atoms with Crippen LogP contribution in [0.1, 0.15) is 29.0 Å². The van der Waals surface area contributed by atoms with E-state index < -0.39 is 11.1 Å². The number of nitro benzene ring substituents is 1. The normalized spacial score (nSPS) is 11.9. The quantitative estimate of drug-likeness (QED) is 0.284. The molecule has 0 aliphatic heterocycles. The molecule has 1 unspecified atom stereocenters. The van der Waals surface area contributed by atoms with Crippen molar-refractivity contribution in [2.24, 2.45) is 0 Å². The summed E-state index contributed by atoms with van der Waals surface area (Å²) >= 11 is 0. The smallest absolute Gasteiger partial charge is 0.270 e. The third kappa shape index (κ3) is 3.55. The Morgan fingerprint density at radius 3 is 2.70 bits per heavy atom. The Morgan fingerprint density at radius 2 is 1.93 bits per heavy atom. The zero-order valence-electron chi connectivity index (χ0n) is 15.9. The van der Waals surface area contributed by atoms with Gasteiger partial charge in [-0.15, -0.1) is 5.10 Å². The molecule has 3 aromatic carbocycles. The lowest BCUT2D eigenvalue weighted by Gasteiger charge is -2.22. The van der Waals surface area contributed by atoms with Gasteiger partial charge in [-0.25, -0.2) is 4.68 Å². The zero-order chi connectivity index (χ0) is 21.3. The van der Waals surface area contributed by atoms with Gasteiger partial charge in [0.1, 0.15) is 11.3 Å². The molecule has 30 heavy (non-hydrogen) atoms. The summed E-state index contributed by atoms with van der Waals surface area (Å²) in [5.41, 5.74) is 2.46. The predicted octanol–water partition coefficient (Wildman–Crippen LogP) is 3.91. The first kappa shape index (κ1) is 19.1. The number of hydrogen-bond acceptors (Lipinski definition) is 7. The molecular weight excluding hydrogens is 386 g/mol. The van der Waals surface area contributed by atoms with E-state index in [-0.39, 0.29) is 22.8 Å². The third-order valence-electron chi connectivity index (χ3n) is 4.71. The van der Waals surface area contributed by atoms with E-state index in [4.69, 9.17) is 0 Å². The minimum absolute atomic E-state index is 0.0976. The molecule has 0 amide bonds. The summed E-state index contributed by atoms with van der Waals surface area (Å²) in [7, 11) is 0. The number of non-ortho nitro benzene ring substituents is 1. The Morgan fingerprint density at radius 1 is 1.13 bits per heavy atom. The monoisotopic (exact) mass is 403 g/mol. The van der Waals surface area contributed by atoms with Gasteiger partial charge in [-0.3, -0.25) is 14.9 Å². The molecule has 0 aliphatic rings. The van der Waals surface area contributed by atoms with Gasteiger partial charge in [0.05, 0.1) is 10.4 Å². The van der Waals surface area contributed by atoms with Crippen LogP contribution in [0.5, 0.6) is 5.75 Å². The van der Waals surface area contributed by atoms with Crippen molar-refractivity contribution >= 4 is 28.2 Å². The summed E-state index contributed by atoms with van der Waals surface area (Å²) in [5, 5.41) is 33.4. The van der Waals surface area contributed by atoms with Crippen LogP contribution < -0.4 is 5.32 Å². The number of aromatic nitrogens is 3. The molecule has 0 spiro atoms. The maximum absolute atomic E-state index is 11.8. The van der Waals surface area contributed by atoms with Gasteiger partial charge in [0, 0.05) is 28.9 Å². The summed E-state index contributed by atoms with van der Waals surface area (Å²) in [4.78, 5) is 22.5. The topological polar surface area (TPSA) is 123 Å². The highest BCUT2D eigenvalue weighted by molar-refractivity contribution is 5.95. The Kier molecular flexibility index (Phi) is 4.85. The molecule has 1 aromatic heterocycles. The van der Waals surface area contributed by atoms with E-state index in [9.17, 15) is 20.0 Å². The van der Waals surface area contributed by atoms with E-state index in [1.54, 1.807) is 30.3 Å². The number of carbonyl (C=O) groups is 1. The molecule has 9 nitrogen and oxygen atoms in total. The molecule has 150 valence electrons. The SMILES string of the molecule is CC(=O)c1cccc(NC(c2cc([N+](=O)[O-])ccc2O)n2nnc3ccccc32)c1. The fourth-order valence-corrected chi connectivity index (χ4v) is 3.21. The van der Waals surface area contributed by atoms with E-state index in [0.29, 0.717) is 22.3 Å². The number of nitro groups is 1. The van der Waals surface area contributed by atoms with Crippen molar-refractivity contribution in [3.63, 3.8) is 0 Å². The summed E-state index contributed by atoms with van der Waals surface area (Å²) in [6.07, 6.45) is -0.820. The van der Waals surface area contributed by atoms with Crippen LogP contribution in [0.25, 0.3) is 11.0 Å². The van der Waals surface area contributed by atoms with Crippen LogP contribution in [0, 0.1) is 10.1 Å². The van der Waals surface area contributed by atoms with Gasteiger partial charge in [-0.2, -0.15) is 0 Å². The van der Waals surface area contributed by atoms with Gasteiger partial charge < -0.3 is 10.4 Å². The second-order valence-electron chi connectivity index (χ2n) is 6.71. The highest BCUT2D eigenvalue weighted by Crippen LogP contribution is 2.33. The van der Waals surface area contributed by atoms with E-state index in [1.165, 1.54) is 29.8 Å². The van der Waals surface area contributed by atoms with Gasteiger partial charge in [0.2, 0.25) is 0 Å². The van der Waals surface area contributed by atoms with Gasteiger partial charge in [0.15, 0.2) is 11.9 Å². The molecule has 1 heterocycles. The van der Waals surface area contributed by atoms with Crippen LogP contribution in [0.4, 0.5) is 11.4 Å². The number of para-hydroxylation sites is 1. The van der Waals surface area contributed by atoms with Gasteiger partial charge >= 0.3 is 0 Å². The molecule has 1 atom stereocenters. The highest BCUT2D eigenvalue weighted by atomic mass is 16.6. The van der Waals surface area contributed by atoms with E-state index in [2.05, 4.69) is 15.6 Å². The first-order valence-electron chi connectivity index (χ1n) is 9.09. The Balaban J connectivity index is 1.88. The lowest BCUT2D eigenvalue weighted by molar-refractivity contribution is -0.385. The second-order valence-corrected chi connectivity index (χ2v) is 6.71. The number of fused-ring (bicyclic) bond motifs is 1. The van der Waals surface area contributed by atoms with Gasteiger partial charge in [-0.05, 0) is 37.3 Å². The second kappa shape index (κ2) is 7.63. The summed E-state index contributed by atoms with van der Waals surface area (Å²) < 4.78 is 1.54. The molecule has 0 radical (unpaired) electrons. The number of aromatic hydroxyl groups is 1. The summed E-state index contributed by atoms with van der Waals surface area (Å²) in [6, 6.07) is 17.9. The molecule has 9 heteroatoms. The minimum atomic E-state index is -0.820. The number of nitrogens with zero attached hydrogens (tertiary/aromatic N) is 4. The first-order valence-corrected chi connectivity index (χ1v) is 9.09. The predicted molar refractivity (Wildman–Crippen MR) is 110 cm³/mol. The molecule has 0 bridgehead atoms. The molecule has 2 N–H and O–H groups in total. The molecule has 0 saturated carbocycles. The standard InChI is InChI=1S/C21H17N5O4/c1-13(27)14-5-4-6-15(11-14)22-21(17-12-16(26(29)30)9-10-20(17)28)25-19-8-3-2-7-18(19)23-24-25/h2-12,21-22,28H,1H3. The molecule has 0 fully saturated rings.